The lowest BCUT2D eigenvalue weighted by molar-refractivity contribution is -0.138. The molecule has 0 aromatic heterocycles. The summed E-state index contributed by atoms with van der Waals surface area (Å²) in [5.41, 5.74) is 1.76. The maximum absolute atomic E-state index is 12.8. The van der Waals surface area contributed by atoms with Crippen molar-refractivity contribution < 1.29 is 18.0 Å². The van der Waals surface area contributed by atoms with E-state index >= 15 is 0 Å². The van der Waals surface area contributed by atoms with Crippen molar-refractivity contribution in [2.75, 3.05) is 13.6 Å². The molecule has 4 nitrogen and oxygen atoms in total. The summed E-state index contributed by atoms with van der Waals surface area (Å²) in [6.45, 7) is 0.0518. The molecule has 0 saturated heterocycles. The van der Waals surface area contributed by atoms with Crippen molar-refractivity contribution in [2.24, 2.45) is 5.10 Å². The number of hydrazone groups is 1. The number of nitrogens with one attached hydrogen (secondary N) is 1. The summed E-state index contributed by atoms with van der Waals surface area (Å²) in [5.74, 6) is -0.0167. The molecule has 1 aliphatic heterocycles. The van der Waals surface area contributed by atoms with Crippen molar-refractivity contribution in [1.29, 1.82) is 0 Å². The summed E-state index contributed by atoms with van der Waals surface area (Å²) in [5, 5.41) is 3.77. The van der Waals surface area contributed by atoms with E-state index in [0.717, 1.165) is 6.07 Å². The number of hydrogen-bond acceptors (Lipinski definition) is 3. The highest BCUT2D eigenvalue weighted by molar-refractivity contribution is 9.10. The zero-order chi connectivity index (χ0) is 14.2. The quantitative estimate of drug-likeness (QED) is 0.855. The van der Waals surface area contributed by atoms with Gasteiger partial charge in [0.1, 0.15) is 0 Å². The van der Waals surface area contributed by atoms with Gasteiger partial charge in [-0.2, -0.15) is 18.3 Å². The van der Waals surface area contributed by atoms with Crippen LogP contribution in [0.2, 0.25) is 0 Å². The molecule has 2 rings (SSSR count). The molecule has 19 heavy (non-hydrogen) atoms. The van der Waals surface area contributed by atoms with Crippen LogP contribution >= 0.6 is 15.9 Å². The molecule has 0 atom stereocenters. The van der Waals surface area contributed by atoms with Crippen LogP contribution in [-0.2, 0) is 11.0 Å². The Balaban J connectivity index is 2.45. The number of amides is 1. The Labute approximate surface area is 115 Å². The molecule has 0 fully saturated rings. The fourth-order valence-corrected chi connectivity index (χ4v) is 2.16. The number of nitrogens with zero attached hydrogens (tertiary/aromatic N) is 2. The second-order valence-corrected chi connectivity index (χ2v) is 4.87. The number of rotatable bonds is 1. The monoisotopic (exact) mass is 335 g/mol. The number of amidine groups is 1. The van der Waals surface area contributed by atoms with E-state index in [2.05, 4.69) is 26.5 Å². The van der Waals surface area contributed by atoms with Gasteiger partial charge in [-0.15, -0.1) is 0 Å². The van der Waals surface area contributed by atoms with Gasteiger partial charge in [-0.05, 0) is 12.1 Å². The number of alkyl halides is 3. The smallest absolute Gasteiger partial charge is 0.348 e. The Bertz CT molecular complexity index is 557. The minimum absolute atomic E-state index is 0.0353. The van der Waals surface area contributed by atoms with E-state index in [1.54, 1.807) is 7.05 Å². The highest BCUT2D eigenvalue weighted by Crippen LogP contribution is 2.35. The minimum atomic E-state index is -4.45. The first kappa shape index (κ1) is 13.9. The van der Waals surface area contributed by atoms with Gasteiger partial charge < -0.3 is 4.90 Å². The molecule has 1 amide bonds. The third-order valence-corrected chi connectivity index (χ3v) is 3.25. The maximum atomic E-state index is 12.8. The average molecular weight is 336 g/mol. The fraction of sp³-hybridized carbons (Fsp3) is 0.273. The molecule has 0 unspecified atom stereocenters. The van der Waals surface area contributed by atoms with E-state index in [1.165, 1.54) is 17.0 Å². The normalized spacial score (nSPS) is 16.2. The first-order chi connectivity index (χ1) is 8.79. The van der Waals surface area contributed by atoms with Crippen LogP contribution in [0.4, 0.5) is 13.2 Å². The third kappa shape index (κ3) is 2.89. The minimum Gasteiger partial charge on any atom is -0.348 e. The Morgan fingerprint density at radius 3 is 2.68 bits per heavy atom. The van der Waals surface area contributed by atoms with E-state index in [-0.39, 0.29) is 28.3 Å². The van der Waals surface area contributed by atoms with Gasteiger partial charge in [-0.1, -0.05) is 22.0 Å². The summed E-state index contributed by atoms with van der Waals surface area (Å²) in [6.07, 6.45) is -4.45. The molecule has 0 bridgehead atoms. The van der Waals surface area contributed by atoms with Crippen LogP contribution in [0.1, 0.15) is 11.1 Å². The molecular weight excluding hydrogens is 327 g/mol. The fourth-order valence-electron chi connectivity index (χ4n) is 1.69. The van der Waals surface area contributed by atoms with Crippen LogP contribution in [0.3, 0.4) is 0 Å². The van der Waals surface area contributed by atoms with Crippen LogP contribution < -0.4 is 5.43 Å². The lowest BCUT2D eigenvalue weighted by Crippen LogP contribution is -2.43. The molecule has 0 spiro atoms. The van der Waals surface area contributed by atoms with Gasteiger partial charge in [0.25, 0.3) is 5.91 Å². The number of benzene rings is 1. The molecule has 1 aromatic carbocycles. The largest absolute Gasteiger partial charge is 0.417 e. The molecule has 0 aliphatic carbocycles. The van der Waals surface area contributed by atoms with Crippen LogP contribution in [-0.4, -0.2) is 30.2 Å². The van der Waals surface area contributed by atoms with Gasteiger partial charge in [0.15, 0.2) is 5.84 Å². The molecule has 1 heterocycles. The van der Waals surface area contributed by atoms with Gasteiger partial charge in [-0.3, -0.25) is 4.79 Å². The second-order valence-electron chi connectivity index (χ2n) is 4.02. The van der Waals surface area contributed by atoms with E-state index in [0.29, 0.717) is 0 Å². The maximum Gasteiger partial charge on any atom is 0.417 e. The number of carbonyl (C=O) groups is 1. The molecule has 1 aromatic rings. The Morgan fingerprint density at radius 1 is 1.42 bits per heavy atom. The summed E-state index contributed by atoms with van der Waals surface area (Å²) < 4.78 is 38.4. The van der Waals surface area contributed by atoms with Crippen molar-refractivity contribution in [3.8, 4) is 0 Å². The number of hydrogen-bond donors (Lipinski definition) is 1. The van der Waals surface area contributed by atoms with Crippen LogP contribution in [0.25, 0.3) is 0 Å². The first-order valence-corrected chi connectivity index (χ1v) is 6.03. The summed E-state index contributed by atoms with van der Waals surface area (Å²) >= 11 is 2.87. The van der Waals surface area contributed by atoms with E-state index in [1.807, 2.05) is 0 Å². The van der Waals surface area contributed by atoms with E-state index in [9.17, 15) is 18.0 Å². The Kier molecular flexibility index (Phi) is 3.53. The number of likely N-dealkylation sites (N-methyl/N-ethyl adjacent to an activating group) is 1. The SMILES string of the molecule is CN1CC(=O)NN=C1c1ccc(Br)c(C(F)(F)F)c1. The highest BCUT2D eigenvalue weighted by Gasteiger charge is 2.34. The predicted molar refractivity (Wildman–Crippen MR) is 66.5 cm³/mol. The van der Waals surface area contributed by atoms with E-state index in [4.69, 9.17) is 0 Å². The molecule has 0 saturated carbocycles. The van der Waals surface area contributed by atoms with Crippen molar-refractivity contribution in [1.82, 2.24) is 10.3 Å². The molecular formula is C11H9BrF3N3O. The summed E-state index contributed by atoms with van der Waals surface area (Å²) in [6, 6.07) is 3.81. The van der Waals surface area contributed by atoms with Gasteiger partial charge in [0, 0.05) is 17.1 Å². The van der Waals surface area contributed by atoms with Crippen LogP contribution in [0.15, 0.2) is 27.8 Å². The summed E-state index contributed by atoms with van der Waals surface area (Å²) in [7, 11) is 1.59. The highest BCUT2D eigenvalue weighted by atomic mass is 79.9. The van der Waals surface area contributed by atoms with Gasteiger partial charge in [-0.25, -0.2) is 5.43 Å². The van der Waals surface area contributed by atoms with Gasteiger partial charge in [0.05, 0.1) is 12.1 Å². The van der Waals surface area contributed by atoms with Crippen molar-refractivity contribution in [2.45, 2.75) is 6.18 Å². The summed E-state index contributed by atoms with van der Waals surface area (Å²) in [4.78, 5) is 12.6. The zero-order valence-electron chi connectivity index (χ0n) is 9.75. The van der Waals surface area contributed by atoms with Gasteiger partial charge >= 0.3 is 6.18 Å². The molecule has 1 N–H and O–H groups in total. The lowest BCUT2D eigenvalue weighted by Gasteiger charge is -2.25. The molecule has 1 aliphatic rings. The first-order valence-electron chi connectivity index (χ1n) is 5.24. The topological polar surface area (TPSA) is 44.7 Å². The Hall–Kier alpha value is -1.57. The molecule has 0 radical (unpaired) electrons. The van der Waals surface area contributed by atoms with Crippen molar-refractivity contribution >= 4 is 27.7 Å². The van der Waals surface area contributed by atoms with Crippen molar-refractivity contribution in [3.63, 3.8) is 0 Å². The molecule has 8 heteroatoms. The Morgan fingerprint density at radius 2 is 2.11 bits per heavy atom. The van der Waals surface area contributed by atoms with Gasteiger partial charge in [0.2, 0.25) is 0 Å². The predicted octanol–water partition coefficient (Wildman–Crippen LogP) is 2.19. The molecule has 102 valence electrons. The number of carbonyl (C=O) groups excluding carboxylic acids is 1. The van der Waals surface area contributed by atoms with Crippen LogP contribution in [0.5, 0.6) is 0 Å². The third-order valence-electron chi connectivity index (χ3n) is 2.56. The standard InChI is InChI=1S/C11H9BrF3N3O/c1-18-5-9(19)16-17-10(18)6-2-3-8(12)7(4-6)11(13,14)15/h2-4H,5H2,1H3,(H,16,19). The zero-order valence-corrected chi connectivity index (χ0v) is 11.3. The van der Waals surface area contributed by atoms with Crippen molar-refractivity contribution in [3.05, 3.63) is 33.8 Å². The number of halogens is 4. The van der Waals surface area contributed by atoms with Crippen LogP contribution in [0, 0.1) is 0 Å². The average Bonchev–Trinajstić information content (AvgIpc) is 2.29. The van der Waals surface area contributed by atoms with E-state index < -0.39 is 11.7 Å². The lowest BCUT2D eigenvalue weighted by atomic mass is 10.1. The second kappa shape index (κ2) is 4.84.